The minimum absolute atomic E-state index is 0.104. The summed E-state index contributed by atoms with van der Waals surface area (Å²) in [5, 5.41) is 19.8. The molecule has 2 rings (SSSR count). The van der Waals surface area contributed by atoms with Gasteiger partial charge in [0, 0.05) is 39.5 Å². The van der Waals surface area contributed by atoms with Crippen LogP contribution < -0.4 is 10.0 Å². The van der Waals surface area contributed by atoms with Gasteiger partial charge >= 0.3 is 0 Å². The zero-order valence-electron chi connectivity index (χ0n) is 11.3. The van der Waals surface area contributed by atoms with Gasteiger partial charge in [0.1, 0.15) is 0 Å². The maximum Gasteiger partial charge on any atom is 0.269 e. The van der Waals surface area contributed by atoms with Gasteiger partial charge in [-0.25, -0.2) is 13.1 Å². The second kappa shape index (κ2) is 6.32. The Kier molecular flexibility index (Phi) is 4.88. The van der Waals surface area contributed by atoms with Crippen molar-refractivity contribution >= 4 is 32.4 Å². The lowest BCUT2D eigenvalue weighted by molar-refractivity contribution is -0.114. The molecule has 0 radical (unpaired) electrons. The van der Waals surface area contributed by atoms with Gasteiger partial charge in [-0.2, -0.15) is 0 Å². The first-order valence-corrected chi connectivity index (χ1v) is 8.52. The average molecular weight is 336 g/mol. The number of hydrogen-bond donors (Lipinski definition) is 3. The molecule has 0 saturated carbocycles. The molecule has 1 amide bonds. The van der Waals surface area contributed by atoms with E-state index in [0.717, 1.165) is 11.3 Å². The Bertz CT molecular complexity index is 609. The largest absolute Gasteiger partial charge is 0.388 e. The van der Waals surface area contributed by atoms with Gasteiger partial charge in [-0.1, -0.05) is 11.3 Å². The van der Waals surface area contributed by atoms with Gasteiger partial charge in [-0.15, -0.1) is 10.2 Å². The molecule has 118 valence electrons. The summed E-state index contributed by atoms with van der Waals surface area (Å²) in [5.41, 5.74) is -1.11. The van der Waals surface area contributed by atoms with E-state index in [1.54, 1.807) is 0 Å². The van der Waals surface area contributed by atoms with Gasteiger partial charge in [-0.05, 0) is 0 Å². The molecule has 1 saturated heterocycles. The van der Waals surface area contributed by atoms with Crippen LogP contribution in [0.25, 0.3) is 0 Å². The Hall–Kier alpha value is -1.14. The summed E-state index contributed by atoms with van der Waals surface area (Å²) in [6, 6.07) is 0. The second-order valence-corrected chi connectivity index (χ2v) is 7.63. The number of rotatable bonds is 5. The molecule has 3 N–H and O–H groups in total. The number of hydrogen-bond acceptors (Lipinski definition) is 8. The van der Waals surface area contributed by atoms with Crippen LogP contribution in [0.1, 0.15) is 19.8 Å². The van der Waals surface area contributed by atoms with E-state index >= 15 is 0 Å². The number of sulfonamides is 1. The van der Waals surface area contributed by atoms with E-state index in [0.29, 0.717) is 26.1 Å². The highest BCUT2D eigenvalue weighted by molar-refractivity contribution is 7.91. The summed E-state index contributed by atoms with van der Waals surface area (Å²) < 4.78 is 31.3. The van der Waals surface area contributed by atoms with E-state index in [1.807, 2.05) is 0 Å². The molecule has 0 spiro atoms. The summed E-state index contributed by atoms with van der Waals surface area (Å²) in [6.07, 6.45) is 0.728. The number of aromatic nitrogens is 2. The maximum absolute atomic E-state index is 12.1. The topological polar surface area (TPSA) is 131 Å². The molecule has 1 aromatic heterocycles. The Morgan fingerprint density at radius 2 is 2.10 bits per heavy atom. The van der Waals surface area contributed by atoms with E-state index in [1.165, 1.54) is 6.92 Å². The lowest BCUT2D eigenvalue weighted by Crippen LogP contribution is -2.46. The van der Waals surface area contributed by atoms with Crippen LogP contribution in [-0.4, -0.2) is 55.0 Å². The molecular formula is C10H16N4O5S2. The standard InChI is InChI=1S/C10H16N4O5S2/c1-7(15)12-8-13-14-9(20-8)21(17,18)11-6-10(16)2-4-19-5-3-10/h11,16H,2-6H2,1H3,(H,12,13,15). The van der Waals surface area contributed by atoms with Crippen molar-refractivity contribution in [2.75, 3.05) is 25.1 Å². The molecule has 9 nitrogen and oxygen atoms in total. The molecule has 2 heterocycles. The fourth-order valence-electron chi connectivity index (χ4n) is 1.74. The SMILES string of the molecule is CC(=O)Nc1nnc(S(=O)(=O)NCC2(O)CCOCC2)s1. The van der Waals surface area contributed by atoms with Gasteiger partial charge in [0.05, 0.1) is 5.60 Å². The molecule has 0 bridgehead atoms. The number of carbonyl (C=O) groups is 1. The smallest absolute Gasteiger partial charge is 0.269 e. The molecular weight excluding hydrogens is 320 g/mol. The zero-order chi connectivity index (χ0) is 15.5. The van der Waals surface area contributed by atoms with Crippen LogP contribution in [0.2, 0.25) is 0 Å². The van der Waals surface area contributed by atoms with Crippen molar-refractivity contribution in [2.24, 2.45) is 0 Å². The van der Waals surface area contributed by atoms with Crippen molar-refractivity contribution in [3.63, 3.8) is 0 Å². The monoisotopic (exact) mass is 336 g/mol. The summed E-state index contributed by atoms with van der Waals surface area (Å²) in [6.45, 7) is 1.95. The number of carbonyl (C=O) groups excluding carboxylic acids is 1. The second-order valence-electron chi connectivity index (χ2n) is 4.72. The zero-order valence-corrected chi connectivity index (χ0v) is 13.0. The molecule has 1 fully saturated rings. The molecule has 0 aromatic carbocycles. The van der Waals surface area contributed by atoms with Crippen molar-refractivity contribution < 1.29 is 23.1 Å². The number of ether oxygens (including phenoxy) is 1. The van der Waals surface area contributed by atoms with Crippen LogP contribution in [-0.2, 0) is 19.6 Å². The van der Waals surface area contributed by atoms with Crippen molar-refractivity contribution in [3.05, 3.63) is 0 Å². The van der Waals surface area contributed by atoms with Crippen molar-refractivity contribution in [1.82, 2.24) is 14.9 Å². The van der Waals surface area contributed by atoms with Crippen molar-refractivity contribution in [1.29, 1.82) is 0 Å². The molecule has 1 aromatic rings. The first-order chi connectivity index (χ1) is 9.81. The van der Waals surface area contributed by atoms with Crippen molar-refractivity contribution in [2.45, 2.75) is 29.7 Å². The lowest BCUT2D eigenvalue weighted by Gasteiger charge is -2.31. The Labute approximate surface area is 125 Å². The van der Waals surface area contributed by atoms with Gasteiger partial charge in [0.15, 0.2) is 0 Å². The molecule has 0 unspecified atom stereocenters. The third-order valence-electron chi connectivity index (χ3n) is 2.93. The highest BCUT2D eigenvalue weighted by atomic mass is 32.2. The maximum atomic E-state index is 12.1. The molecule has 0 aliphatic carbocycles. The first kappa shape index (κ1) is 16.2. The van der Waals surface area contributed by atoms with Crippen LogP contribution in [0.4, 0.5) is 5.13 Å². The van der Waals surface area contributed by atoms with Gasteiger partial charge in [0.2, 0.25) is 15.4 Å². The fraction of sp³-hybridized carbons (Fsp3) is 0.700. The summed E-state index contributed by atoms with van der Waals surface area (Å²) >= 11 is 0.743. The third-order valence-corrected chi connectivity index (χ3v) is 5.54. The van der Waals surface area contributed by atoms with Crippen molar-refractivity contribution in [3.8, 4) is 0 Å². The van der Waals surface area contributed by atoms with Gasteiger partial charge in [0.25, 0.3) is 10.0 Å². The molecule has 0 atom stereocenters. The van der Waals surface area contributed by atoms with E-state index in [9.17, 15) is 18.3 Å². The fourth-order valence-corrected chi connectivity index (χ4v) is 3.85. The first-order valence-electron chi connectivity index (χ1n) is 6.22. The number of nitrogens with zero attached hydrogens (tertiary/aromatic N) is 2. The van der Waals surface area contributed by atoms with Crippen LogP contribution in [0.5, 0.6) is 0 Å². The number of nitrogens with one attached hydrogen (secondary N) is 2. The highest BCUT2D eigenvalue weighted by Crippen LogP contribution is 2.22. The predicted molar refractivity (Wildman–Crippen MR) is 74.4 cm³/mol. The van der Waals surface area contributed by atoms with Crippen LogP contribution in [0, 0.1) is 0 Å². The highest BCUT2D eigenvalue weighted by Gasteiger charge is 2.32. The van der Waals surface area contributed by atoms with E-state index in [4.69, 9.17) is 4.74 Å². The minimum atomic E-state index is -3.87. The molecule has 21 heavy (non-hydrogen) atoms. The van der Waals surface area contributed by atoms with E-state index in [2.05, 4.69) is 20.2 Å². The Morgan fingerprint density at radius 3 is 2.71 bits per heavy atom. The number of anilines is 1. The summed E-state index contributed by atoms with van der Waals surface area (Å²) in [5.74, 6) is -0.362. The average Bonchev–Trinajstić information content (AvgIpc) is 2.86. The van der Waals surface area contributed by atoms with Gasteiger partial charge < -0.3 is 15.2 Å². The van der Waals surface area contributed by atoms with E-state index < -0.39 is 15.6 Å². The Morgan fingerprint density at radius 1 is 1.43 bits per heavy atom. The lowest BCUT2D eigenvalue weighted by atomic mass is 9.95. The minimum Gasteiger partial charge on any atom is -0.388 e. The molecule has 1 aliphatic heterocycles. The summed E-state index contributed by atoms with van der Waals surface area (Å²) in [4.78, 5) is 10.9. The Balaban J connectivity index is 2.01. The predicted octanol–water partition coefficient (Wildman–Crippen LogP) is -0.684. The number of amides is 1. The van der Waals surface area contributed by atoms with Crippen LogP contribution in [0.15, 0.2) is 4.34 Å². The normalized spacial score (nSPS) is 18.4. The molecule has 1 aliphatic rings. The van der Waals surface area contributed by atoms with Gasteiger partial charge in [-0.3, -0.25) is 4.79 Å². The van der Waals surface area contributed by atoms with Crippen LogP contribution >= 0.6 is 11.3 Å². The quantitative estimate of drug-likeness (QED) is 0.607. The summed E-state index contributed by atoms with van der Waals surface area (Å²) in [7, 11) is -3.87. The third kappa shape index (κ3) is 4.41. The van der Waals surface area contributed by atoms with E-state index in [-0.39, 0.29) is 21.9 Å². The van der Waals surface area contributed by atoms with Crippen LogP contribution in [0.3, 0.4) is 0 Å². The number of aliphatic hydroxyl groups is 1. The molecule has 11 heteroatoms.